The number of carbonyl (C=O) groups excluding carboxylic acids is 1. The van der Waals surface area contributed by atoms with E-state index < -0.39 is 5.60 Å². The Labute approximate surface area is 197 Å². The molecule has 1 N–H and O–H groups in total. The minimum absolute atomic E-state index is 0.0937. The molecule has 0 radical (unpaired) electrons. The number of aliphatic hydroxyl groups is 1. The zero-order valence-electron chi connectivity index (χ0n) is 19.9. The van der Waals surface area contributed by atoms with Crippen LogP contribution in [0.2, 0.25) is 5.02 Å². The molecule has 1 heterocycles. The highest BCUT2D eigenvalue weighted by molar-refractivity contribution is 6.30. The fraction of sp³-hybridized carbons (Fsp3) is 0.846. The largest absolute Gasteiger partial charge is 0.390 e. The minimum atomic E-state index is -0.530. The van der Waals surface area contributed by atoms with Crippen molar-refractivity contribution in [3.8, 4) is 0 Å². The molecule has 0 aliphatic heterocycles. The van der Waals surface area contributed by atoms with Crippen LogP contribution in [0, 0.1) is 40.4 Å². The summed E-state index contributed by atoms with van der Waals surface area (Å²) in [7, 11) is 1.85. The van der Waals surface area contributed by atoms with Crippen LogP contribution in [0.3, 0.4) is 0 Å². The third-order valence-electron chi connectivity index (χ3n) is 10.4. The second kappa shape index (κ2) is 8.09. The van der Waals surface area contributed by atoms with E-state index in [0.29, 0.717) is 41.0 Å². The van der Waals surface area contributed by atoms with Gasteiger partial charge in [0.25, 0.3) is 0 Å². The Hall–Kier alpha value is -0.910. The molecule has 4 saturated carbocycles. The molecule has 0 spiro atoms. The number of nitrogens with zero attached hydrogens (tertiary/aromatic N) is 2. The van der Waals surface area contributed by atoms with Crippen molar-refractivity contribution in [2.75, 3.05) is 13.7 Å². The summed E-state index contributed by atoms with van der Waals surface area (Å²) in [6.45, 7) is 5.58. The van der Waals surface area contributed by atoms with Crippen molar-refractivity contribution in [3.63, 3.8) is 0 Å². The molecule has 4 aliphatic rings. The molecule has 32 heavy (non-hydrogen) atoms. The Kier molecular flexibility index (Phi) is 5.78. The predicted octanol–water partition coefficient (Wildman–Crippen LogP) is 5.14. The molecule has 0 amide bonds. The smallest absolute Gasteiger partial charge is 0.157 e. The standard InChI is InChI=1S/C26H39ClN2O3/c1-24(31)10-11-26(16-32-3)17(12-24)4-5-19-20-6-7-22(25(20,2)9-8-21(19)26)23(30)15-29-14-18(27)13-28-29/h13-14,17,19-22,31H,4-12,15-16H2,1-3H3/t17-,19-,20-,21-,22+,24+,25-,26+/m0/s1. The number of ether oxygens (including phenoxy) is 1. The number of ketones is 1. The van der Waals surface area contributed by atoms with Crippen LogP contribution in [0.15, 0.2) is 12.4 Å². The lowest BCUT2D eigenvalue weighted by Crippen LogP contribution is -2.58. The zero-order valence-corrected chi connectivity index (χ0v) is 20.6. The van der Waals surface area contributed by atoms with E-state index in [9.17, 15) is 9.90 Å². The van der Waals surface area contributed by atoms with Crippen molar-refractivity contribution >= 4 is 17.4 Å². The Balaban J connectivity index is 1.37. The molecule has 8 atom stereocenters. The minimum Gasteiger partial charge on any atom is -0.390 e. The van der Waals surface area contributed by atoms with Gasteiger partial charge in [-0.05, 0) is 99.2 Å². The summed E-state index contributed by atoms with van der Waals surface area (Å²) >= 11 is 6.01. The molecule has 178 valence electrons. The number of hydrogen-bond acceptors (Lipinski definition) is 4. The first-order valence-electron chi connectivity index (χ1n) is 12.6. The summed E-state index contributed by atoms with van der Waals surface area (Å²) in [6, 6.07) is 0. The van der Waals surface area contributed by atoms with E-state index in [1.165, 1.54) is 25.7 Å². The highest BCUT2D eigenvalue weighted by atomic mass is 35.5. The summed E-state index contributed by atoms with van der Waals surface area (Å²) in [4.78, 5) is 13.4. The van der Waals surface area contributed by atoms with Crippen LogP contribution in [0.25, 0.3) is 0 Å². The van der Waals surface area contributed by atoms with Gasteiger partial charge in [0.2, 0.25) is 0 Å². The summed E-state index contributed by atoms with van der Waals surface area (Å²) in [5.74, 6) is 2.96. The molecule has 1 aromatic rings. The van der Waals surface area contributed by atoms with Crippen molar-refractivity contribution in [1.29, 1.82) is 0 Å². The van der Waals surface area contributed by atoms with Crippen LogP contribution in [0.5, 0.6) is 0 Å². The first-order valence-corrected chi connectivity index (χ1v) is 13.0. The zero-order chi connectivity index (χ0) is 22.7. The molecule has 5 nitrogen and oxygen atoms in total. The normalized spacial score (nSPS) is 45.7. The molecule has 1 aromatic heterocycles. The first-order chi connectivity index (χ1) is 15.2. The molecular weight excluding hydrogens is 424 g/mol. The molecule has 6 heteroatoms. The number of aromatic nitrogens is 2. The predicted molar refractivity (Wildman–Crippen MR) is 124 cm³/mol. The lowest BCUT2D eigenvalue weighted by atomic mass is 9.43. The van der Waals surface area contributed by atoms with Gasteiger partial charge in [-0.1, -0.05) is 18.5 Å². The molecule has 0 bridgehead atoms. The fourth-order valence-electron chi connectivity index (χ4n) is 9.01. The maximum absolute atomic E-state index is 13.4. The van der Waals surface area contributed by atoms with Crippen molar-refractivity contribution in [2.45, 2.75) is 83.8 Å². The second-order valence-electron chi connectivity index (χ2n) is 12.0. The van der Waals surface area contributed by atoms with Crippen LogP contribution in [-0.4, -0.2) is 40.0 Å². The number of halogens is 1. The van der Waals surface area contributed by atoms with Crippen LogP contribution in [0.1, 0.15) is 71.6 Å². The van der Waals surface area contributed by atoms with Gasteiger partial charge in [0.1, 0.15) is 0 Å². The van der Waals surface area contributed by atoms with E-state index in [0.717, 1.165) is 38.7 Å². The van der Waals surface area contributed by atoms with Gasteiger partial charge in [-0.25, -0.2) is 0 Å². The second-order valence-corrected chi connectivity index (χ2v) is 12.5. The van der Waals surface area contributed by atoms with E-state index in [4.69, 9.17) is 16.3 Å². The van der Waals surface area contributed by atoms with Gasteiger partial charge in [-0.15, -0.1) is 0 Å². The third kappa shape index (κ3) is 3.58. The molecular formula is C26H39ClN2O3. The Morgan fingerprint density at radius 2 is 2.00 bits per heavy atom. The van der Waals surface area contributed by atoms with Gasteiger partial charge < -0.3 is 9.84 Å². The molecule has 5 rings (SSSR count). The Morgan fingerprint density at radius 1 is 1.19 bits per heavy atom. The van der Waals surface area contributed by atoms with Gasteiger partial charge in [0.05, 0.1) is 30.0 Å². The van der Waals surface area contributed by atoms with Gasteiger partial charge in [-0.2, -0.15) is 5.10 Å². The van der Waals surface area contributed by atoms with Crippen LogP contribution >= 0.6 is 11.6 Å². The SMILES string of the molecule is COC[C@]12CC[C@@](C)(O)C[C@@H]1CC[C@H]1[C@@H]3CC[C@H](C(=O)Cn4cc(Cl)cn4)[C@@]3(C)CC[C@@H]12. The van der Waals surface area contributed by atoms with Crippen molar-refractivity contribution in [2.24, 2.45) is 40.4 Å². The van der Waals surface area contributed by atoms with Gasteiger partial charge in [-0.3, -0.25) is 9.48 Å². The molecule has 0 unspecified atom stereocenters. The highest BCUT2D eigenvalue weighted by Gasteiger charge is 2.63. The molecule has 4 fully saturated rings. The van der Waals surface area contributed by atoms with Crippen molar-refractivity contribution in [1.82, 2.24) is 9.78 Å². The Bertz CT molecular complexity index is 869. The summed E-state index contributed by atoms with van der Waals surface area (Å²) in [5.41, 5.74) is -0.232. The average Bonchev–Trinajstić information content (AvgIpc) is 3.30. The van der Waals surface area contributed by atoms with E-state index in [-0.39, 0.29) is 16.7 Å². The number of Topliss-reactive ketones (excluding diaryl/α,β-unsaturated/α-hetero) is 1. The van der Waals surface area contributed by atoms with Crippen molar-refractivity contribution < 1.29 is 14.6 Å². The highest BCUT2D eigenvalue weighted by Crippen LogP contribution is 2.68. The summed E-state index contributed by atoms with van der Waals surface area (Å²) in [6.07, 6.45) is 13.2. The number of carbonyl (C=O) groups is 1. The number of methoxy groups -OCH3 is 1. The van der Waals surface area contributed by atoms with E-state index in [2.05, 4.69) is 12.0 Å². The lowest BCUT2D eigenvalue weighted by Gasteiger charge is -2.62. The monoisotopic (exact) mass is 462 g/mol. The van der Waals surface area contributed by atoms with Gasteiger partial charge >= 0.3 is 0 Å². The first kappa shape index (κ1) is 22.9. The van der Waals surface area contributed by atoms with E-state index >= 15 is 0 Å². The lowest BCUT2D eigenvalue weighted by molar-refractivity contribution is -0.175. The molecule has 0 aromatic carbocycles. The number of rotatable bonds is 5. The number of fused-ring (bicyclic) bond motifs is 5. The van der Waals surface area contributed by atoms with Gasteiger partial charge in [0.15, 0.2) is 5.78 Å². The maximum Gasteiger partial charge on any atom is 0.157 e. The molecule has 4 aliphatic carbocycles. The quantitative estimate of drug-likeness (QED) is 0.657. The van der Waals surface area contributed by atoms with Crippen LogP contribution < -0.4 is 0 Å². The van der Waals surface area contributed by atoms with Crippen LogP contribution in [-0.2, 0) is 16.1 Å². The summed E-state index contributed by atoms with van der Waals surface area (Å²) in [5, 5.41) is 15.6. The summed E-state index contributed by atoms with van der Waals surface area (Å²) < 4.78 is 7.56. The molecule has 0 saturated heterocycles. The van der Waals surface area contributed by atoms with Crippen LogP contribution in [0.4, 0.5) is 0 Å². The van der Waals surface area contributed by atoms with E-state index in [1.807, 2.05) is 14.0 Å². The third-order valence-corrected chi connectivity index (χ3v) is 10.6. The maximum atomic E-state index is 13.4. The average molecular weight is 463 g/mol. The topological polar surface area (TPSA) is 64.3 Å². The van der Waals surface area contributed by atoms with E-state index in [1.54, 1.807) is 17.1 Å². The van der Waals surface area contributed by atoms with Crippen molar-refractivity contribution in [3.05, 3.63) is 17.4 Å². The fourth-order valence-corrected chi connectivity index (χ4v) is 9.16. The van der Waals surface area contributed by atoms with Gasteiger partial charge in [0, 0.05) is 19.2 Å². The Morgan fingerprint density at radius 3 is 2.72 bits per heavy atom. The number of hydrogen-bond donors (Lipinski definition) is 1.